The van der Waals surface area contributed by atoms with E-state index < -0.39 is 11.9 Å². The fraction of sp³-hybridized carbons (Fsp3) is 0.0833. The number of ether oxygens (including phenoxy) is 1. The topological polar surface area (TPSA) is 88.5 Å². The Kier molecular flexibility index (Phi) is 4.09. The van der Waals surface area contributed by atoms with Crippen molar-refractivity contribution >= 4 is 28.3 Å². The molecule has 0 aliphatic rings. The van der Waals surface area contributed by atoms with Gasteiger partial charge in [0.1, 0.15) is 11.3 Å². The Morgan fingerprint density at radius 2 is 2.16 bits per heavy atom. The maximum atomic E-state index is 11.5. The van der Waals surface area contributed by atoms with E-state index in [1.165, 1.54) is 23.5 Å². The smallest absolute Gasteiger partial charge is 0.339 e. The molecule has 2 rings (SSSR count). The normalized spacial score (nSPS) is 9.89. The van der Waals surface area contributed by atoms with Crippen molar-refractivity contribution < 1.29 is 19.4 Å². The van der Waals surface area contributed by atoms with Gasteiger partial charge in [-0.05, 0) is 12.1 Å². The Morgan fingerprint density at radius 1 is 1.37 bits per heavy atom. The van der Waals surface area contributed by atoms with Crippen LogP contribution in [-0.2, 0) is 4.79 Å². The largest absolute Gasteiger partial charge is 0.483 e. The van der Waals surface area contributed by atoms with E-state index in [0.29, 0.717) is 5.13 Å². The first-order chi connectivity index (χ1) is 9.16. The average molecular weight is 278 g/mol. The van der Waals surface area contributed by atoms with Crippen LogP contribution >= 0.6 is 11.3 Å². The number of nitrogens with zero attached hydrogens (tertiary/aromatic N) is 1. The third-order valence-electron chi connectivity index (χ3n) is 2.15. The molecule has 0 saturated heterocycles. The van der Waals surface area contributed by atoms with Crippen LogP contribution < -0.4 is 10.1 Å². The highest BCUT2D eigenvalue weighted by Crippen LogP contribution is 2.17. The number of hydrogen-bond acceptors (Lipinski definition) is 5. The van der Waals surface area contributed by atoms with Crippen LogP contribution in [0.15, 0.2) is 35.8 Å². The number of nitrogens with one attached hydrogen (secondary N) is 1. The van der Waals surface area contributed by atoms with E-state index in [9.17, 15) is 9.59 Å². The number of carbonyl (C=O) groups is 2. The summed E-state index contributed by atoms with van der Waals surface area (Å²) in [7, 11) is 0. The lowest BCUT2D eigenvalue weighted by Crippen LogP contribution is -2.20. The lowest BCUT2D eigenvalue weighted by molar-refractivity contribution is -0.118. The summed E-state index contributed by atoms with van der Waals surface area (Å²) in [5, 5.41) is 13.7. The summed E-state index contributed by atoms with van der Waals surface area (Å²) in [6, 6.07) is 6.14. The number of hydrogen-bond donors (Lipinski definition) is 2. The molecular formula is C12H10N2O4S. The van der Waals surface area contributed by atoms with E-state index in [4.69, 9.17) is 9.84 Å². The van der Waals surface area contributed by atoms with Crippen molar-refractivity contribution in [2.45, 2.75) is 0 Å². The van der Waals surface area contributed by atoms with E-state index in [0.717, 1.165) is 0 Å². The first-order valence-electron chi connectivity index (χ1n) is 5.31. The number of benzene rings is 1. The molecule has 2 N–H and O–H groups in total. The van der Waals surface area contributed by atoms with Gasteiger partial charge >= 0.3 is 5.97 Å². The number of carboxylic acid groups (broad SMARTS) is 1. The van der Waals surface area contributed by atoms with Crippen molar-refractivity contribution in [2.75, 3.05) is 11.9 Å². The number of carbonyl (C=O) groups excluding carboxylic acids is 1. The second-order valence-corrected chi connectivity index (χ2v) is 4.37. The van der Waals surface area contributed by atoms with Crippen LogP contribution in [0, 0.1) is 0 Å². The molecule has 19 heavy (non-hydrogen) atoms. The van der Waals surface area contributed by atoms with Crippen LogP contribution in [0.3, 0.4) is 0 Å². The maximum absolute atomic E-state index is 11.5. The Bertz CT molecular complexity index is 583. The maximum Gasteiger partial charge on any atom is 0.339 e. The Hall–Kier alpha value is -2.41. The second kappa shape index (κ2) is 5.96. The molecular weight excluding hydrogens is 268 g/mol. The summed E-state index contributed by atoms with van der Waals surface area (Å²) in [6.07, 6.45) is 1.57. The molecule has 1 aromatic carbocycles. The van der Waals surface area contributed by atoms with Crippen molar-refractivity contribution in [1.82, 2.24) is 4.98 Å². The fourth-order valence-corrected chi connectivity index (χ4v) is 1.90. The number of anilines is 1. The number of carboxylic acids is 1. The average Bonchev–Trinajstić information content (AvgIpc) is 2.89. The Labute approximate surface area is 112 Å². The zero-order valence-corrected chi connectivity index (χ0v) is 10.5. The molecule has 1 heterocycles. The van der Waals surface area contributed by atoms with E-state index in [1.54, 1.807) is 23.7 Å². The summed E-state index contributed by atoms with van der Waals surface area (Å²) in [6.45, 7) is -0.274. The molecule has 0 aliphatic heterocycles. The molecule has 0 radical (unpaired) electrons. The zero-order chi connectivity index (χ0) is 13.7. The van der Waals surface area contributed by atoms with Gasteiger partial charge < -0.3 is 9.84 Å². The van der Waals surface area contributed by atoms with Crippen molar-refractivity contribution in [1.29, 1.82) is 0 Å². The second-order valence-electron chi connectivity index (χ2n) is 3.48. The van der Waals surface area contributed by atoms with Crippen LogP contribution in [0.1, 0.15) is 10.4 Å². The highest BCUT2D eigenvalue weighted by molar-refractivity contribution is 7.13. The van der Waals surface area contributed by atoms with E-state index in [2.05, 4.69) is 10.3 Å². The van der Waals surface area contributed by atoms with Gasteiger partial charge in [-0.3, -0.25) is 10.1 Å². The summed E-state index contributed by atoms with van der Waals surface area (Å²) in [5.74, 6) is -1.34. The molecule has 2 aromatic rings. The molecule has 0 unspecified atom stereocenters. The van der Waals surface area contributed by atoms with E-state index >= 15 is 0 Å². The molecule has 1 aromatic heterocycles. The Morgan fingerprint density at radius 3 is 2.84 bits per heavy atom. The molecule has 0 fully saturated rings. The van der Waals surface area contributed by atoms with Gasteiger partial charge in [-0.2, -0.15) is 0 Å². The summed E-state index contributed by atoms with van der Waals surface area (Å²) >= 11 is 1.29. The molecule has 0 atom stereocenters. The molecule has 0 saturated carbocycles. The minimum Gasteiger partial charge on any atom is -0.483 e. The molecule has 98 valence electrons. The minimum atomic E-state index is -1.10. The van der Waals surface area contributed by atoms with Gasteiger partial charge in [0.25, 0.3) is 5.91 Å². The summed E-state index contributed by atoms with van der Waals surface area (Å²) in [4.78, 5) is 26.4. The Balaban J connectivity index is 1.95. The quantitative estimate of drug-likeness (QED) is 0.871. The van der Waals surface area contributed by atoms with E-state index in [-0.39, 0.29) is 17.9 Å². The van der Waals surface area contributed by atoms with Crippen LogP contribution in [0.4, 0.5) is 5.13 Å². The summed E-state index contributed by atoms with van der Waals surface area (Å²) in [5.41, 5.74) is 0.0181. The summed E-state index contributed by atoms with van der Waals surface area (Å²) < 4.78 is 5.19. The number of amides is 1. The van der Waals surface area contributed by atoms with Crippen LogP contribution in [0.5, 0.6) is 5.75 Å². The number of rotatable bonds is 5. The van der Waals surface area contributed by atoms with Gasteiger partial charge in [0.2, 0.25) is 0 Å². The molecule has 6 nitrogen and oxygen atoms in total. The molecule has 1 amide bonds. The van der Waals surface area contributed by atoms with Crippen molar-refractivity contribution in [3.8, 4) is 5.75 Å². The predicted molar refractivity (Wildman–Crippen MR) is 69.6 cm³/mol. The molecule has 7 heteroatoms. The molecule has 0 aliphatic carbocycles. The van der Waals surface area contributed by atoms with Gasteiger partial charge in [0.05, 0.1) is 0 Å². The lowest BCUT2D eigenvalue weighted by atomic mass is 10.2. The highest BCUT2D eigenvalue weighted by atomic mass is 32.1. The van der Waals surface area contributed by atoms with E-state index in [1.807, 2.05) is 0 Å². The van der Waals surface area contributed by atoms with Gasteiger partial charge in [0.15, 0.2) is 11.7 Å². The first kappa shape index (κ1) is 13.0. The lowest BCUT2D eigenvalue weighted by Gasteiger charge is -2.08. The standard InChI is InChI=1S/C12H10N2O4S/c15-10(14-12-13-5-6-19-12)7-18-9-4-2-1-3-8(9)11(16)17/h1-6H,7H2,(H,16,17)(H,13,14,15). The third kappa shape index (κ3) is 3.52. The van der Waals surface area contributed by atoms with Gasteiger partial charge in [0, 0.05) is 11.6 Å². The van der Waals surface area contributed by atoms with Crippen molar-refractivity contribution in [2.24, 2.45) is 0 Å². The van der Waals surface area contributed by atoms with Gasteiger partial charge in [-0.15, -0.1) is 11.3 Å². The number of thiazole rings is 1. The molecule has 0 bridgehead atoms. The number of aromatic carboxylic acids is 1. The third-order valence-corrected chi connectivity index (χ3v) is 2.84. The monoisotopic (exact) mass is 278 g/mol. The highest BCUT2D eigenvalue weighted by Gasteiger charge is 2.12. The number of aromatic nitrogens is 1. The molecule has 0 spiro atoms. The van der Waals surface area contributed by atoms with Crippen molar-refractivity contribution in [3.05, 3.63) is 41.4 Å². The van der Waals surface area contributed by atoms with Crippen LogP contribution in [0.25, 0.3) is 0 Å². The fourth-order valence-electron chi connectivity index (χ4n) is 1.35. The van der Waals surface area contributed by atoms with Crippen LogP contribution in [0.2, 0.25) is 0 Å². The zero-order valence-electron chi connectivity index (χ0n) is 9.70. The van der Waals surface area contributed by atoms with Crippen molar-refractivity contribution in [3.63, 3.8) is 0 Å². The van der Waals surface area contributed by atoms with Gasteiger partial charge in [-0.25, -0.2) is 9.78 Å². The predicted octanol–water partition coefficient (Wildman–Crippen LogP) is 1.86. The SMILES string of the molecule is O=C(COc1ccccc1C(=O)O)Nc1nccs1. The first-order valence-corrected chi connectivity index (χ1v) is 6.19. The number of para-hydroxylation sites is 1. The van der Waals surface area contributed by atoms with Crippen LogP contribution in [-0.4, -0.2) is 28.6 Å². The minimum absolute atomic E-state index is 0.0181. The van der Waals surface area contributed by atoms with Gasteiger partial charge in [-0.1, -0.05) is 12.1 Å².